The number of alkyl halides is 3. The Morgan fingerprint density at radius 2 is 1.67 bits per heavy atom. The molecule has 0 spiro atoms. The van der Waals surface area contributed by atoms with Crippen molar-refractivity contribution in [3.05, 3.63) is 47.0 Å². The standard InChI is InChI=1S/C35H47F3N2O2/c1-31(2,3)21-8-10-25(27(20-21)35(36,37)38)34(16-6-7-17-34)40-30(42)26-12-11-23-22-9-13-28-33(5,19-15-29(41)39-28)24(22)14-18-32(23,26)4/h8,10,15,19-20,22-24,26,28H,6-7,9,11-14,16-18H2,1-5H3,(H,39,41)(H,40,42)/t22-,23-,24+,26?,28?,32-,33+/m0/s1. The molecule has 0 bridgehead atoms. The summed E-state index contributed by atoms with van der Waals surface area (Å²) in [5.41, 5.74) is -1.36. The van der Waals surface area contributed by atoms with Gasteiger partial charge in [0.15, 0.2) is 0 Å². The third kappa shape index (κ3) is 4.63. The van der Waals surface area contributed by atoms with Gasteiger partial charge in [0.2, 0.25) is 11.8 Å². The van der Waals surface area contributed by atoms with E-state index in [9.17, 15) is 22.8 Å². The highest BCUT2D eigenvalue weighted by atomic mass is 19.4. The van der Waals surface area contributed by atoms with Crippen LogP contribution in [0.15, 0.2) is 30.4 Å². The molecule has 0 radical (unpaired) electrons. The highest BCUT2D eigenvalue weighted by Gasteiger charge is 2.61. The third-order valence-corrected chi connectivity index (χ3v) is 12.5. The molecule has 4 aliphatic carbocycles. The van der Waals surface area contributed by atoms with E-state index in [-0.39, 0.29) is 40.2 Å². The normalized spacial score (nSPS) is 37.4. The number of fused-ring (bicyclic) bond motifs is 5. The molecule has 4 fully saturated rings. The Bertz CT molecular complexity index is 1290. The summed E-state index contributed by atoms with van der Waals surface area (Å²) in [5, 5.41) is 6.52. The van der Waals surface area contributed by atoms with E-state index in [1.807, 2.05) is 26.8 Å². The minimum absolute atomic E-state index is 0.00302. The molecule has 4 saturated carbocycles. The number of benzene rings is 1. The first-order valence-electron chi connectivity index (χ1n) is 16.1. The molecule has 42 heavy (non-hydrogen) atoms. The van der Waals surface area contributed by atoms with Crippen LogP contribution >= 0.6 is 0 Å². The molecular formula is C35H47F3N2O2. The van der Waals surface area contributed by atoms with Gasteiger partial charge in [-0.05, 0) is 103 Å². The van der Waals surface area contributed by atoms with Crippen LogP contribution in [0.4, 0.5) is 13.2 Å². The van der Waals surface area contributed by atoms with Crippen LogP contribution in [0.2, 0.25) is 0 Å². The molecule has 2 amide bonds. The Kier molecular flexibility index (Phi) is 6.98. The van der Waals surface area contributed by atoms with E-state index < -0.39 is 22.7 Å². The number of nitrogens with one attached hydrogen (secondary N) is 2. The Balaban J connectivity index is 1.28. The van der Waals surface area contributed by atoms with Crippen molar-refractivity contribution in [2.75, 3.05) is 0 Å². The van der Waals surface area contributed by atoms with Gasteiger partial charge in [-0.1, -0.05) is 65.7 Å². The first kappa shape index (κ1) is 29.7. The van der Waals surface area contributed by atoms with Gasteiger partial charge in [-0.15, -0.1) is 0 Å². The monoisotopic (exact) mass is 584 g/mol. The van der Waals surface area contributed by atoms with Gasteiger partial charge >= 0.3 is 6.18 Å². The molecule has 7 atom stereocenters. The van der Waals surface area contributed by atoms with Crippen molar-refractivity contribution in [3.8, 4) is 0 Å². The summed E-state index contributed by atoms with van der Waals surface area (Å²) in [6, 6.07) is 4.95. The zero-order valence-electron chi connectivity index (χ0n) is 25.8. The van der Waals surface area contributed by atoms with Crippen LogP contribution in [0, 0.1) is 34.5 Å². The molecule has 5 aliphatic rings. The fourth-order valence-corrected chi connectivity index (χ4v) is 10.2. The lowest BCUT2D eigenvalue weighted by Gasteiger charge is -2.58. The predicted molar refractivity (Wildman–Crippen MR) is 157 cm³/mol. The van der Waals surface area contributed by atoms with Crippen molar-refractivity contribution in [3.63, 3.8) is 0 Å². The number of amides is 2. The molecule has 1 aromatic rings. The van der Waals surface area contributed by atoms with Crippen molar-refractivity contribution in [2.24, 2.45) is 34.5 Å². The molecular weight excluding hydrogens is 537 g/mol. The van der Waals surface area contributed by atoms with Gasteiger partial charge in [0, 0.05) is 17.4 Å². The number of hydrogen-bond acceptors (Lipinski definition) is 2. The maximum absolute atomic E-state index is 14.5. The van der Waals surface area contributed by atoms with Gasteiger partial charge < -0.3 is 10.6 Å². The Morgan fingerprint density at radius 3 is 2.33 bits per heavy atom. The van der Waals surface area contributed by atoms with E-state index in [0.29, 0.717) is 36.2 Å². The van der Waals surface area contributed by atoms with Crippen LogP contribution in [-0.2, 0) is 26.7 Å². The minimum atomic E-state index is -4.50. The van der Waals surface area contributed by atoms with Crippen LogP contribution in [0.5, 0.6) is 0 Å². The molecule has 6 rings (SSSR count). The van der Waals surface area contributed by atoms with Crippen molar-refractivity contribution in [1.29, 1.82) is 0 Å². The van der Waals surface area contributed by atoms with E-state index in [2.05, 4.69) is 30.6 Å². The second-order valence-corrected chi connectivity index (χ2v) is 15.7. The Hall–Kier alpha value is -2.31. The van der Waals surface area contributed by atoms with E-state index in [0.717, 1.165) is 51.4 Å². The van der Waals surface area contributed by atoms with Gasteiger partial charge in [-0.25, -0.2) is 0 Å². The van der Waals surface area contributed by atoms with Crippen LogP contribution in [0.25, 0.3) is 0 Å². The summed E-state index contributed by atoms with van der Waals surface area (Å²) in [6.07, 6.45) is 7.71. The van der Waals surface area contributed by atoms with E-state index >= 15 is 0 Å². The molecule has 0 aromatic heterocycles. The Morgan fingerprint density at radius 1 is 0.952 bits per heavy atom. The predicted octanol–water partition coefficient (Wildman–Crippen LogP) is 7.80. The maximum Gasteiger partial charge on any atom is 0.416 e. The zero-order valence-corrected chi connectivity index (χ0v) is 25.8. The fourth-order valence-electron chi connectivity index (χ4n) is 10.2. The van der Waals surface area contributed by atoms with Crippen LogP contribution in [0.1, 0.15) is 116 Å². The SMILES string of the molecule is CC(C)(C)c1ccc(C2(NC(=O)C3CC[C@H]4[C@@H]5CCC6NC(=O)C=C[C@]6(C)[C@@H]5CC[C@]34C)CCCC2)c(C(F)(F)F)c1. The molecule has 1 aliphatic heterocycles. The average Bonchev–Trinajstić information content (AvgIpc) is 3.52. The van der Waals surface area contributed by atoms with Gasteiger partial charge in [0.25, 0.3) is 0 Å². The van der Waals surface area contributed by atoms with Gasteiger partial charge in [-0.3, -0.25) is 9.59 Å². The lowest BCUT2D eigenvalue weighted by molar-refractivity contribution is -0.141. The van der Waals surface area contributed by atoms with E-state index in [1.54, 1.807) is 12.1 Å². The van der Waals surface area contributed by atoms with Crippen molar-refractivity contribution < 1.29 is 22.8 Å². The smallest absolute Gasteiger partial charge is 0.349 e. The largest absolute Gasteiger partial charge is 0.416 e. The minimum Gasteiger partial charge on any atom is -0.349 e. The highest BCUT2D eigenvalue weighted by Crippen LogP contribution is 2.65. The van der Waals surface area contributed by atoms with Crippen molar-refractivity contribution >= 4 is 11.8 Å². The first-order chi connectivity index (χ1) is 19.6. The summed E-state index contributed by atoms with van der Waals surface area (Å²) in [5.74, 6) is 1.10. The Labute approximate surface area is 248 Å². The molecule has 1 heterocycles. The molecule has 4 nitrogen and oxygen atoms in total. The number of rotatable bonds is 3. The lowest BCUT2D eigenvalue weighted by atomic mass is 9.48. The number of carbonyl (C=O) groups excluding carboxylic acids is 2. The van der Waals surface area contributed by atoms with Gasteiger partial charge in [0.1, 0.15) is 0 Å². The van der Waals surface area contributed by atoms with Crippen LogP contribution in [0.3, 0.4) is 0 Å². The second kappa shape index (κ2) is 9.85. The van der Waals surface area contributed by atoms with Crippen LogP contribution in [-0.4, -0.2) is 17.9 Å². The topological polar surface area (TPSA) is 58.2 Å². The third-order valence-electron chi connectivity index (χ3n) is 12.5. The van der Waals surface area contributed by atoms with Crippen molar-refractivity contribution in [2.45, 2.75) is 122 Å². The fraction of sp³-hybridized carbons (Fsp3) is 0.714. The molecule has 2 unspecified atom stereocenters. The summed E-state index contributed by atoms with van der Waals surface area (Å²) in [4.78, 5) is 26.3. The van der Waals surface area contributed by atoms with Crippen LogP contribution < -0.4 is 10.6 Å². The number of halogens is 3. The maximum atomic E-state index is 14.5. The highest BCUT2D eigenvalue weighted by molar-refractivity contribution is 5.89. The van der Waals surface area contributed by atoms with E-state index in [1.165, 1.54) is 6.07 Å². The quantitative estimate of drug-likeness (QED) is 0.381. The molecule has 7 heteroatoms. The van der Waals surface area contributed by atoms with Gasteiger partial charge in [0.05, 0.1) is 11.1 Å². The first-order valence-corrected chi connectivity index (χ1v) is 16.1. The number of carbonyl (C=O) groups is 2. The molecule has 230 valence electrons. The summed E-state index contributed by atoms with van der Waals surface area (Å²) < 4.78 is 43.6. The average molecular weight is 585 g/mol. The summed E-state index contributed by atoms with van der Waals surface area (Å²) in [6.45, 7) is 10.3. The van der Waals surface area contributed by atoms with Gasteiger partial charge in [-0.2, -0.15) is 13.2 Å². The molecule has 0 saturated heterocycles. The number of hydrogen-bond donors (Lipinski definition) is 2. The lowest BCUT2D eigenvalue weighted by Crippen LogP contribution is -2.59. The molecule has 1 aromatic carbocycles. The second-order valence-electron chi connectivity index (χ2n) is 15.7. The zero-order chi connectivity index (χ0) is 30.3. The summed E-state index contributed by atoms with van der Waals surface area (Å²) >= 11 is 0. The summed E-state index contributed by atoms with van der Waals surface area (Å²) in [7, 11) is 0. The van der Waals surface area contributed by atoms with E-state index in [4.69, 9.17) is 0 Å². The molecule has 2 N–H and O–H groups in total. The van der Waals surface area contributed by atoms with Crippen molar-refractivity contribution in [1.82, 2.24) is 10.6 Å².